The molecule has 1 aromatic carbocycles. The highest BCUT2D eigenvalue weighted by Gasteiger charge is 2.18. The Morgan fingerprint density at radius 2 is 1.64 bits per heavy atom. The molecule has 0 aliphatic rings. The number of aryl methyl sites for hydroxylation is 1. The van der Waals surface area contributed by atoms with Crippen molar-refractivity contribution in [3.8, 4) is 0 Å². The Bertz CT molecular complexity index is 904. The van der Waals surface area contributed by atoms with E-state index in [1.807, 2.05) is 0 Å². The first-order chi connectivity index (χ1) is 11.2. The Morgan fingerprint density at radius 3 is 2.00 bits per heavy atom. The highest BCUT2D eigenvalue weighted by atomic mass is 32.2. The van der Waals surface area contributed by atoms with Gasteiger partial charge in [-0.25, -0.2) is 8.42 Å². The minimum atomic E-state index is -3.67. The van der Waals surface area contributed by atoms with Gasteiger partial charge in [-0.1, -0.05) is 12.2 Å². The molecule has 0 radical (unpaired) electrons. The summed E-state index contributed by atoms with van der Waals surface area (Å²) in [6.45, 7) is 3.47. The van der Waals surface area contributed by atoms with Crippen LogP contribution in [0.2, 0.25) is 0 Å². The van der Waals surface area contributed by atoms with E-state index in [2.05, 4.69) is 4.99 Å². The van der Waals surface area contributed by atoms with Gasteiger partial charge in [0.1, 0.15) is 0 Å². The Labute approximate surface area is 147 Å². The van der Waals surface area contributed by atoms with Gasteiger partial charge in [0, 0.05) is 11.8 Å². The van der Waals surface area contributed by atoms with Crippen molar-refractivity contribution >= 4 is 37.9 Å². The number of hydrogen-bond donors (Lipinski definition) is 3. The lowest BCUT2D eigenvalue weighted by molar-refractivity contribution is 0.100. The maximum atomic E-state index is 11.9. The number of hydrogen-bond acceptors (Lipinski definition) is 5. The number of sulfone groups is 1. The number of carbonyl (C=O) groups excluding carboxylic acids is 1. The number of carbonyl (C=O) groups is 1. The van der Waals surface area contributed by atoms with Crippen molar-refractivity contribution in [1.82, 2.24) is 0 Å². The Balaban J connectivity index is 0.00000101. The summed E-state index contributed by atoms with van der Waals surface area (Å²) >= 11 is 0. The second-order valence-electron chi connectivity index (χ2n) is 5.05. The molecule has 140 valence electrons. The molecule has 0 fully saturated rings. The first-order valence-corrected chi connectivity index (χ1v) is 10.4. The average molecular weight is 391 g/mol. The zero-order valence-electron chi connectivity index (χ0n) is 14.2. The SMILES string of the molecule is CC=Cc1cc(C)c(C(=O)N=C(N)N)cc1S(C)(=O)=O.CS(=O)(=O)O. The van der Waals surface area contributed by atoms with Crippen molar-refractivity contribution in [1.29, 1.82) is 0 Å². The molecule has 1 amide bonds. The van der Waals surface area contributed by atoms with E-state index in [0.717, 1.165) is 6.26 Å². The predicted molar refractivity (Wildman–Crippen MR) is 96.6 cm³/mol. The number of aliphatic imine (C=N–C) groups is 1. The molecule has 25 heavy (non-hydrogen) atoms. The lowest BCUT2D eigenvalue weighted by Gasteiger charge is -2.09. The second-order valence-corrected chi connectivity index (χ2v) is 8.50. The fourth-order valence-corrected chi connectivity index (χ4v) is 2.64. The van der Waals surface area contributed by atoms with E-state index in [9.17, 15) is 21.6 Å². The van der Waals surface area contributed by atoms with Crippen LogP contribution in [-0.2, 0) is 20.0 Å². The standard InChI is InChI=1S/C13H17N3O3S.CH4O3S/c1-4-5-9-6-8(2)10(12(17)16-13(14)15)7-11(9)20(3,18)19;1-5(2,3)4/h4-7H,1-3H3,(H4,14,15,16,17);1H3,(H,2,3,4). The molecular weight excluding hydrogens is 370 g/mol. The minimum absolute atomic E-state index is 0.0651. The van der Waals surface area contributed by atoms with Crippen LogP contribution in [0.4, 0.5) is 0 Å². The van der Waals surface area contributed by atoms with Gasteiger partial charge in [0.05, 0.1) is 11.2 Å². The van der Waals surface area contributed by atoms with Crippen molar-refractivity contribution < 1.29 is 26.2 Å². The normalized spacial score (nSPS) is 11.6. The van der Waals surface area contributed by atoms with Crippen molar-refractivity contribution in [3.05, 3.63) is 34.9 Å². The second kappa shape index (κ2) is 8.74. The smallest absolute Gasteiger partial charge is 0.280 e. The van der Waals surface area contributed by atoms with E-state index in [1.54, 1.807) is 32.1 Å². The van der Waals surface area contributed by atoms with Crippen LogP contribution in [0.25, 0.3) is 6.08 Å². The summed E-state index contributed by atoms with van der Waals surface area (Å²) in [5, 5.41) is 0. The lowest BCUT2D eigenvalue weighted by Crippen LogP contribution is -2.24. The van der Waals surface area contributed by atoms with Gasteiger partial charge >= 0.3 is 0 Å². The monoisotopic (exact) mass is 391 g/mol. The molecule has 0 spiro atoms. The van der Waals surface area contributed by atoms with Crippen LogP contribution in [0.15, 0.2) is 28.1 Å². The van der Waals surface area contributed by atoms with Gasteiger partial charge in [0.2, 0.25) is 0 Å². The van der Waals surface area contributed by atoms with Crippen molar-refractivity contribution in [2.75, 3.05) is 12.5 Å². The third-order valence-corrected chi connectivity index (χ3v) is 3.72. The number of rotatable bonds is 3. The molecule has 0 aliphatic carbocycles. The van der Waals surface area contributed by atoms with Crippen LogP contribution in [-0.4, -0.2) is 45.8 Å². The van der Waals surface area contributed by atoms with E-state index >= 15 is 0 Å². The van der Waals surface area contributed by atoms with Gasteiger partial charge in [-0.3, -0.25) is 9.35 Å². The van der Waals surface area contributed by atoms with Gasteiger partial charge in [-0.15, -0.1) is 0 Å². The van der Waals surface area contributed by atoms with Gasteiger partial charge in [0.25, 0.3) is 16.0 Å². The van der Waals surface area contributed by atoms with Crippen molar-refractivity contribution in [3.63, 3.8) is 0 Å². The maximum Gasteiger partial charge on any atom is 0.280 e. The molecule has 5 N–H and O–H groups in total. The quantitative estimate of drug-likeness (QED) is 0.376. The van der Waals surface area contributed by atoms with Crippen LogP contribution >= 0.6 is 0 Å². The van der Waals surface area contributed by atoms with E-state index in [0.29, 0.717) is 17.4 Å². The molecule has 0 aliphatic heterocycles. The van der Waals surface area contributed by atoms with Crippen LogP contribution in [0.3, 0.4) is 0 Å². The zero-order valence-corrected chi connectivity index (χ0v) is 15.8. The van der Waals surface area contributed by atoms with Crippen LogP contribution in [0, 0.1) is 6.92 Å². The fourth-order valence-electron chi connectivity index (χ4n) is 1.75. The summed E-state index contributed by atoms with van der Waals surface area (Å²) in [6.07, 6.45) is 5.19. The molecule has 11 heteroatoms. The third-order valence-electron chi connectivity index (χ3n) is 2.56. The van der Waals surface area contributed by atoms with Gasteiger partial charge in [0.15, 0.2) is 15.8 Å². The molecule has 0 heterocycles. The third kappa shape index (κ3) is 8.98. The van der Waals surface area contributed by atoms with Crippen LogP contribution < -0.4 is 11.5 Å². The van der Waals surface area contributed by atoms with Crippen LogP contribution in [0.1, 0.15) is 28.4 Å². The summed E-state index contributed by atoms with van der Waals surface area (Å²) in [7, 11) is -7.14. The molecular formula is C14H21N3O6S2. The van der Waals surface area contributed by atoms with E-state index in [4.69, 9.17) is 16.0 Å². The Hall–Kier alpha value is -2.24. The number of allylic oxidation sites excluding steroid dienone is 1. The van der Waals surface area contributed by atoms with E-state index < -0.39 is 25.9 Å². The highest BCUT2D eigenvalue weighted by molar-refractivity contribution is 7.90. The molecule has 0 bridgehead atoms. The summed E-state index contributed by atoms with van der Waals surface area (Å²) in [6, 6.07) is 2.92. The number of nitrogens with zero attached hydrogens (tertiary/aromatic N) is 1. The highest BCUT2D eigenvalue weighted by Crippen LogP contribution is 2.23. The first-order valence-electron chi connectivity index (χ1n) is 6.70. The van der Waals surface area contributed by atoms with E-state index in [-0.39, 0.29) is 16.4 Å². The Morgan fingerprint density at radius 1 is 1.16 bits per heavy atom. The average Bonchev–Trinajstić information content (AvgIpc) is 2.34. The molecule has 0 unspecified atom stereocenters. The summed E-state index contributed by atoms with van der Waals surface area (Å²) in [4.78, 5) is 15.4. The largest absolute Gasteiger partial charge is 0.370 e. The molecule has 0 atom stereocenters. The molecule has 0 aromatic heterocycles. The molecule has 9 nitrogen and oxygen atoms in total. The van der Waals surface area contributed by atoms with Crippen molar-refractivity contribution in [2.24, 2.45) is 16.5 Å². The number of guanidine groups is 1. The van der Waals surface area contributed by atoms with Crippen LogP contribution in [0.5, 0.6) is 0 Å². The number of amides is 1. The summed E-state index contributed by atoms with van der Waals surface area (Å²) in [5.74, 6) is -1.03. The van der Waals surface area contributed by atoms with Gasteiger partial charge in [-0.2, -0.15) is 13.4 Å². The molecule has 1 aromatic rings. The summed E-state index contributed by atoms with van der Waals surface area (Å²) < 4.78 is 49.5. The molecule has 0 saturated heterocycles. The molecule has 0 saturated carbocycles. The summed E-state index contributed by atoms with van der Waals surface area (Å²) in [5.41, 5.74) is 11.6. The maximum absolute atomic E-state index is 11.9. The number of nitrogens with two attached hydrogens (primary N) is 2. The fraction of sp³-hybridized carbons (Fsp3) is 0.286. The van der Waals surface area contributed by atoms with Crippen molar-refractivity contribution in [2.45, 2.75) is 18.7 Å². The molecule has 1 rings (SSSR count). The minimum Gasteiger partial charge on any atom is -0.370 e. The lowest BCUT2D eigenvalue weighted by atomic mass is 10.0. The zero-order chi connectivity index (χ0) is 20.0. The number of benzene rings is 1. The van der Waals surface area contributed by atoms with E-state index in [1.165, 1.54) is 6.07 Å². The predicted octanol–water partition coefficient (Wildman–Crippen LogP) is 0.349. The first kappa shape index (κ1) is 22.8. The van der Waals surface area contributed by atoms with Gasteiger partial charge < -0.3 is 11.5 Å². The van der Waals surface area contributed by atoms with Gasteiger partial charge in [-0.05, 0) is 37.1 Å². The Kier molecular flexibility index (Phi) is 7.96. The topological polar surface area (TPSA) is 170 Å².